The topological polar surface area (TPSA) is 73.7 Å². The van der Waals surface area contributed by atoms with Crippen LogP contribution in [-0.2, 0) is 20.5 Å². The van der Waals surface area contributed by atoms with Crippen LogP contribution in [0.15, 0.2) is 41.5 Å². The van der Waals surface area contributed by atoms with Crippen LogP contribution < -0.4 is 5.32 Å². The zero-order chi connectivity index (χ0) is 14.7. The lowest BCUT2D eigenvalue weighted by molar-refractivity contribution is 0.430. The van der Waals surface area contributed by atoms with Gasteiger partial charge in [-0.05, 0) is 12.1 Å². The van der Waals surface area contributed by atoms with E-state index in [4.69, 9.17) is 4.42 Å². The molecule has 0 bridgehead atoms. The summed E-state index contributed by atoms with van der Waals surface area (Å²) in [5.41, 5.74) is 0. The summed E-state index contributed by atoms with van der Waals surface area (Å²) in [6.45, 7) is 0.738. The second-order valence-electron chi connectivity index (χ2n) is 4.88. The minimum atomic E-state index is -0.0799. The second-order valence-corrected chi connectivity index (χ2v) is 4.88. The quantitative estimate of drug-likeness (QED) is 0.733. The molecule has 1 N–H and O–H groups in total. The molecule has 0 fully saturated rings. The Kier molecular flexibility index (Phi) is 3.83. The van der Waals surface area contributed by atoms with Gasteiger partial charge in [0.1, 0.15) is 24.0 Å². The molecule has 1 atom stereocenters. The van der Waals surface area contributed by atoms with Crippen molar-refractivity contribution >= 4 is 0 Å². The van der Waals surface area contributed by atoms with Crippen molar-refractivity contribution in [3.8, 4) is 0 Å². The molecule has 21 heavy (non-hydrogen) atoms. The summed E-state index contributed by atoms with van der Waals surface area (Å²) in [6, 6.07) is 3.75. The predicted molar refractivity (Wildman–Crippen MR) is 76.5 cm³/mol. The van der Waals surface area contributed by atoms with Gasteiger partial charge in [-0.2, -0.15) is 5.10 Å². The lowest BCUT2D eigenvalue weighted by Crippen LogP contribution is -2.27. The standard InChI is InChI=1S/C14H18N6O/c1-19-8-7-16-14(19)13(11-4-3-9-21-11)15-6-5-12-17-10-20(2)18-12/h3-4,7-10,13,15H,5-6H2,1-2H3. The van der Waals surface area contributed by atoms with Crippen molar-refractivity contribution in [2.45, 2.75) is 12.5 Å². The number of nitrogens with one attached hydrogen (secondary N) is 1. The normalized spacial score (nSPS) is 12.7. The van der Waals surface area contributed by atoms with Crippen LogP contribution in [0.1, 0.15) is 23.5 Å². The number of furan rings is 1. The molecule has 3 heterocycles. The van der Waals surface area contributed by atoms with Crippen molar-refractivity contribution in [1.29, 1.82) is 0 Å². The zero-order valence-corrected chi connectivity index (χ0v) is 12.1. The molecule has 0 spiro atoms. The van der Waals surface area contributed by atoms with E-state index >= 15 is 0 Å². The fourth-order valence-electron chi connectivity index (χ4n) is 2.26. The Morgan fingerprint density at radius 3 is 2.86 bits per heavy atom. The van der Waals surface area contributed by atoms with Crippen molar-refractivity contribution in [3.05, 3.63) is 54.5 Å². The highest BCUT2D eigenvalue weighted by molar-refractivity contribution is 5.15. The monoisotopic (exact) mass is 286 g/mol. The third-order valence-electron chi connectivity index (χ3n) is 3.29. The number of aromatic nitrogens is 5. The lowest BCUT2D eigenvalue weighted by Gasteiger charge is -2.16. The number of nitrogens with zero attached hydrogens (tertiary/aromatic N) is 5. The number of aryl methyl sites for hydroxylation is 2. The number of imidazole rings is 1. The van der Waals surface area contributed by atoms with Gasteiger partial charge in [0, 0.05) is 39.5 Å². The van der Waals surface area contributed by atoms with E-state index < -0.39 is 0 Å². The van der Waals surface area contributed by atoms with E-state index in [9.17, 15) is 0 Å². The van der Waals surface area contributed by atoms with Gasteiger partial charge in [-0.3, -0.25) is 4.68 Å². The highest BCUT2D eigenvalue weighted by Gasteiger charge is 2.20. The van der Waals surface area contributed by atoms with E-state index in [1.807, 2.05) is 37.0 Å². The smallest absolute Gasteiger partial charge is 0.151 e. The van der Waals surface area contributed by atoms with Gasteiger partial charge >= 0.3 is 0 Å². The molecule has 110 valence electrons. The average Bonchev–Trinajstić information content (AvgIpc) is 3.18. The van der Waals surface area contributed by atoms with E-state index in [1.54, 1.807) is 23.5 Å². The summed E-state index contributed by atoms with van der Waals surface area (Å²) < 4.78 is 9.22. The van der Waals surface area contributed by atoms with Crippen LogP contribution in [-0.4, -0.2) is 30.9 Å². The third kappa shape index (κ3) is 3.03. The highest BCUT2D eigenvalue weighted by atomic mass is 16.3. The van der Waals surface area contributed by atoms with Crippen LogP contribution in [0.3, 0.4) is 0 Å². The van der Waals surface area contributed by atoms with E-state index in [-0.39, 0.29) is 6.04 Å². The molecule has 3 aromatic rings. The van der Waals surface area contributed by atoms with Gasteiger partial charge in [-0.15, -0.1) is 0 Å². The van der Waals surface area contributed by atoms with Crippen LogP contribution in [0, 0.1) is 0 Å². The first-order chi connectivity index (χ1) is 10.2. The summed E-state index contributed by atoms with van der Waals surface area (Å²) in [6.07, 6.45) is 7.84. The Morgan fingerprint density at radius 1 is 1.33 bits per heavy atom. The predicted octanol–water partition coefficient (Wildman–Crippen LogP) is 1.06. The summed E-state index contributed by atoms with van der Waals surface area (Å²) in [5, 5.41) is 7.73. The van der Waals surface area contributed by atoms with Crippen LogP contribution in [0.5, 0.6) is 0 Å². The van der Waals surface area contributed by atoms with Gasteiger partial charge in [0.2, 0.25) is 0 Å². The SMILES string of the molecule is Cn1cnc(CCNC(c2ccco2)c2nccn2C)n1. The van der Waals surface area contributed by atoms with Crippen molar-refractivity contribution in [2.75, 3.05) is 6.54 Å². The maximum absolute atomic E-state index is 5.53. The molecule has 0 aliphatic carbocycles. The largest absolute Gasteiger partial charge is 0.467 e. The summed E-state index contributed by atoms with van der Waals surface area (Å²) in [7, 11) is 3.84. The lowest BCUT2D eigenvalue weighted by atomic mass is 10.2. The Bertz CT molecular complexity index is 684. The third-order valence-corrected chi connectivity index (χ3v) is 3.29. The first-order valence-electron chi connectivity index (χ1n) is 6.82. The molecule has 7 nitrogen and oxygen atoms in total. The molecular formula is C14H18N6O. The van der Waals surface area contributed by atoms with Crippen molar-refractivity contribution in [1.82, 2.24) is 29.6 Å². The van der Waals surface area contributed by atoms with Gasteiger partial charge in [0.05, 0.1) is 6.26 Å². The highest BCUT2D eigenvalue weighted by Crippen LogP contribution is 2.20. The van der Waals surface area contributed by atoms with Gasteiger partial charge in [-0.1, -0.05) is 0 Å². The van der Waals surface area contributed by atoms with E-state index in [0.29, 0.717) is 0 Å². The maximum Gasteiger partial charge on any atom is 0.151 e. The van der Waals surface area contributed by atoms with Crippen molar-refractivity contribution in [2.24, 2.45) is 14.1 Å². The molecule has 0 saturated carbocycles. The summed E-state index contributed by atoms with van der Waals surface area (Å²) in [5.74, 6) is 2.58. The van der Waals surface area contributed by atoms with Crippen LogP contribution in [0.2, 0.25) is 0 Å². The average molecular weight is 286 g/mol. The van der Waals surface area contributed by atoms with E-state index in [1.165, 1.54) is 0 Å². The molecule has 0 saturated heterocycles. The Hall–Kier alpha value is -2.41. The fourth-order valence-corrected chi connectivity index (χ4v) is 2.26. The molecule has 1 unspecified atom stereocenters. The van der Waals surface area contributed by atoms with E-state index in [2.05, 4.69) is 20.4 Å². The molecule has 0 aliphatic rings. The minimum absolute atomic E-state index is 0.0799. The molecule has 0 aliphatic heterocycles. The van der Waals surface area contributed by atoms with Gasteiger partial charge < -0.3 is 14.3 Å². The second kappa shape index (κ2) is 5.92. The van der Waals surface area contributed by atoms with E-state index in [0.717, 1.165) is 30.4 Å². The first-order valence-corrected chi connectivity index (χ1v) is 6.82. The maximum atomic E-state index is 5.53. The minimum Gasteiger partial charge on any atom is -0.467 e. The molecule has 3 aromatic heterocycles. The van der Waals surface area contributed by atoms with Gasteiger partial charge in [0.25, 0.3) is 0 Å². The number of rotatable bonds is 6. The van der Waals surface area contributed by atoms with Crippen LogP contribution in [0.4, 0.5) is 0 Å². The number of hydrogen-bond acceptors (Lipinski definition) is 5. The van der Waals surface area contributed by atoms with Crippen molar-refractivity contribution in [3.63, 3.8) is 0 Å². The van der Waals surface area contributed by atoms with Gasteiger partial charge in [0.15, 0.2) is 5.82 Å². The Balaban J connectivity index is 1.70. The Labute approximate surface area is 122 Å². The molecule has 3 rings (SSSR count). The van der Waals surface area contributed by atoms with Crippen LogP contribution in [0.25, 0.3) is 0 Å². The Morgan fingerprint density at radius 2 is 2.24 bits per heavy atom. The summed E-state index contributed by atoms with van der Waals surface area (Å²) in [4.78, 5) is 8.63. The van der Waals surface area contributed by atoms with Crippen molar-refractivity contribution < 1.29 is 4.42 Å². The number of hydrogen-bond donors (Lipinski definition) is 1. The molecular weight excluding hydrogens is 268 g/mol. The molecule has 0 amide bonds. The fraction of sp³-hybridized carbons (Fsp3) is 0.357. The summed E-state index contributed by atoms with van der Waals surface area (Å²) >= 11 is 0. The van der Waals surface area contributed by atoms with Gasteiger partial charge in [-0.25, -0.2) is 9.97 Å². The molecule has 0 aromatic carbocycles. The molecule has 0 radical (unpaired) electrons. The first kappa shape index (κ1) is 13.6. The molecule has 7 heteroatoms. The zero-order valence-electron chi connectivity index (χ0n) is 12.1. The van der Waals surface area contributed by atoms with Crippen LogP contribution >= 0.6 is 0 Å².